The van der Waals surface area contributed by atoms with Gasteiger partial charge in [-0.25, -0.2) is 0 Å². The average Bonchev–Trinajstić information content (AvgIpc) is 2.63. The zero-order valence-corrected chi connectivity index (χ0v) is 6.01. The van der Waals surface area contributed by atoms with E-state index in [0.717, 1.165) is 5.92 Å². The van der Waals surface area contributed by atoms with Gasteiger partial charge in [-0.15, -0.1) is 0 Å². The maximum absolute atomic E-state index is 3.90. The van der Waals surface area contributed by atoms with Crippen LogP contribution in [0.25, 0.3) is 0 Å². The summed E-state index contributed by atoms with van der Waals surface area (Å²) in [6.45, 7) is 0. The molecule has 1 N–H and O–H groups in total. The first kappa shape index (κ1) is 5.96. The summed E-state index contributed by atoms with van der Waals surface area (Å²) in [7, 11) is 0. The van der Waals surface area contributed by atoms with E-state index in [1.165, 1.54) is 31.4 Å². The monoisotopic (exact) mass is 136 g/mol. The van der Waals surface area contributed by atoms with Crippen LogP contribution in [0.3, 0.4) is 0 Å². The highest BCUT2D eigenvalue weighted by molar-refractivity contribution is 4.98. The lowest BCUT2D eigenvalue weighted by Gasteiger charge is -1.92. The number of H-pyrrole nitrogens is 1. The van der Waals surface area contributed by atoms with Crippen LogP contribution in [0.1, 0.15) is 25.0 Å². The highest BCUT2D eigenvalue weighted by atomic mass is 15.1. The molecule has 54 valence electrons. The van der Waals surface area contributed by atoms with Gasteiger partial charge in [0.25, 0.3) is 0 Å². The van der Waals surface area contributed by atoms with Gasteiger partial charge < -0.3 is 0 Å². The van der Waals surface area contributed by atoms with E-state index in [-0.39, 0.29) is 0 Å². The van der Waals surface area contributed by atoms with Gasteiger partial charge in [0.05, 0.1) is 0 Å². The Balaban J connectivity index is 1.79. The minimum atomic E-state index is 1.03. The van der Waals surface area contributed by atoms with Crippen molar-refractivity contribution in [2.75, 3.05) is 0 Å². The first-order valence-corrected chi connectivity index (χ1v) is 3.93. The van der Waals surface area contributed by atoms with E-state index in [2.05, 4.69) is 16.3 Å². The Kier molecular flexibility index (Phi) is 1.46. The topological polar surface area (TPSA) is 28.7 Å². The molecule has 1 heterocycles. The second-order valence-electron chi connectivity index (χ2n) is 3.06. The smallest absolute Gasteiger partial charge is 0.0490 e. The fraction of sp³-hybridized carbons (Fsp3) is 0.625. The second-order valence-corrected chi connectivity index (χ2v) is 3.06. The van der Waals surface area contributed by atoms with Crippen molar-refractivity contribution in [3.63, 3.8) is 0 Å². The van der Waals surface area contributed by atoms with E-state index in [9.17, 15) is 0 Å². The lowest BCUT2D eigenvalue weighted by Crippen LogP contribution is -1.86. The molecule has 1 aliphatic rings. The van der Waals surface area contributed by atoms with Gasteiger partial charge in [-0.2, -0.15) is 5.10 Å². The van der Waals surface area contributed by atoms with E-state index in [1.54, 1.807) is 0 Å². The minimum Gasteiger partial charge on any atom is -0.283 e. The zero-order valence-electron chi connectivity index (χ0n) is 6.01. The predicted molar refractivity (Wildman–Crippen MR) is 39.6 cm³/mol. The largest absolute Gasteiger partial charge is 0.283 e. The molecule has 2 nitrogen and oxygen atoms in total. The molecule has 0 amide bonds. The molecule has 1 aromatic rings. The van der Waals surface area contributed by atoms with Gasteiger partial charge in [0, 0.05) is 11.9 Å². The first-order chi connectivity index (χ1) is 4.95. The third kappa shape index (κ3) is 1.38. The van der Waals surface area contributed by atoms with Crippen molar-refractivity contribution in [3.8, 4) is 0 Å². The van der Waals surface area contributed by atoms with Crippen LogP contribution in [0.5, 0.6) is 0 Å². The predicted octanol–water partition coefficient (Wildman–Crippen LogP) is 1.75. The maximum atomic E-state index is 3.90. The van der Waals surface area contributed by atoms with Crippen LogP contribution in [0.4, 0.5) is 0 Å². The molecule has 0 bridgehead atoms. The summed E-state index contributed by atoms with van der Waals surface area (Å²) in [4.78, 5) is 0. The van der Waals surface area contributed by atoms with Crippen LogP contribution >= 0.6 is 0 Å². The molecule has 2 rings (SSSR count). The molecule has 0 aromatic carbocycles. The molecule has 1 aromatic heterocycles. The van der Waals surface area contributed by atoms with Crippen LogP contribution in [0.2, 0.25) is 0 Å². The lowest BCUT2D eigenvalue weighted by atomic mass is 10.2. The Morgan fingerprint density at radius 3 is 3.10 bits per heavy atom. The number of aromatic amines is 1. The van der Waals surface area contributed by atoms with Gasteiger partial charge in [0.1, 0.15) is 0 Å². The average molecular weight is 136 g/mol. The number of nitrogens with one attached hydrogen (secondary N) is 1. The van der Waals surface area contributed by atoms with Crippen LogP contribution in [0, 0.1) is 5.92 Å². The van der Waals surface area contributed by atoms with Crippen LogP contribution < -0.4 is 0 Å². The third-order valence-electron chi connectivity index (χ3n) is 2.08. The normalized spacial score (nSPS) is 17.6. The molecule has 1 aliphatic carbocycles. The van der Waals surface area contributed by atoms with Crippen molar-refractivity contribution in [2.45, 2.75) is 25.7 Å². The Morgan fingerprint density at radius 1 is 1.60 bits per heavy atom. The maximum Gasteiger partial charge on any atom is 0.0490 e. The second kappa shape index (κ2) is 2.45. The van der Waals surface area contributed by atoms with Crippen LogP contribution in [-0.4, -0.2) is 10.2 Å². The standard InChI is InChI=1S/C8H12N2/c1-2-7(1)3-4-8-5-6-9-10-8/h5-7H,1-4H2,(H,9,10). The number of rotatable bonds is 3. The van der Waals surface area contributed by atoms with Crippen molar-refractivity contribution < 1.29 is 0 Å². The van der Waals surface area contributed by atoms with E-state index in [4.69, 9.17) is 0 Å². The molecule has 2 heteroatoms. The fourth-order valence-electron chi connectivity index (χ4n) is 1.19. The molecule has 0 radical (unpaired) electrons. The van der Waals surface area contributed by atoms with Crippen LogP contribution in [-0.2, 0) is 6.42 Å². The van der Waals surface area contributed by atoms with Crippen molar-refractivity contribution >= 4 is 0 Å². The third-order valence-corrected chi connectivity index (χ3v) is 2.08. The summed E-state index contributed by atoms with van der Waals surface area (Å²) in [5.41, 5.74) is 1.28. The number of aryl methyl sites for hydroxylation is 1. The Hall–Kier alpha value is -0.790. The Labute approximate surface area is 60.6 Å². The Morgan fingerprint density at radius 2 is 2.50 bits per heavy atom. The molecule has 10 heavy (non-hydrogen) atoms. The zero-order chi connectivity index (χ0) is 6.81. The molecule has 0 aliphatic heterocycles. The van der Waals surface area contributed by atoms with Gasteiger partial charge in [-0.05, 0) is 24.8 Å². The van der Waals surface area contributed by atoms with Crippen molar-refractivity contribution in [1.29, 1.82) is 0 Å². The summed E-state index contributed by atoms with van der Waals surface area (Å²) in [6.07, 6.45) is 7.26. The first-order valence-electron chi connectivity index (χ1n) is 3.93. The highest BCUT2D eigenvalue weighted by Crippen LogP contribution is 2.33. The number of hydrogen-bond donors (Lipinski definition) is 1. The number of aromatic nitrogens is 2. The van der Waals surface area contributed by atoms with Crippen molar-refractivity contribution in [2.24, 2.45) is 5.92 Å². The molecule has 0 atom stereocenters. The van der Waals surface area contributed by atoms with E-state index >= 15 is 0 Å². The quantitative estimate of drug-likeness (QED) is 0.673. The van der Waals surface area contributed by atoms with Crippen molar-refractivity contribution in [3.05, 3.63) is 18.0 Å². The molecular formula is C8H12N2. The lowest BCUT2D eigenvalue weighted by molar-refractivity contribution is 0.711. The van der Waals surface area contributed by atoms with Gasteiger partial charge >= 0.3 is 0 Å². The Bertz CT molecular complexity index is 187. The van der Waals surface area contributed by atoms with E-state index in [1.807, 2.05) is 6.20 Å². The molecule has 1 saturated carbocycles. The summed E-state index contributed by atoms with van der Waals surface area (Å²) in [5.74, 6) is 1.03. The summed E-state index contributed by atoms with van der Waals surface area (Å²) < 4.78 is 0. The molecule has 1 fully saturated rings. The molecule has 0 unspecified atom stereocenters. The summed E-state index contributed by atoms with van der Waals surface area (Å²) in [6, 6.07) is 2.06. The van der Waals surface area contributed by atoms with Crippen LogP contribution in [0.15, 0.2) is 12.3 Å². The van der Waals surface area contributed by atoms with E-state index in [0.29, 0.717) is 0 Å². The molecule has 0 spiro atoms. The SMILES string of the molecule is c1cc(CCC2CC2)[nH]n1. The minimum absolute atomic E-state index is 1.03. The van der Waals surface area contributed by atoms with Crippen molar-refractivity contribution in [1.82, 2.24) is 10.2 Å². The number of hydrogen-bond acceptors (Lipinski definition) is 1. The highest BCUT2D eigenvalue weighted by Gasteiger charge is 2.20. The summed E-state index contributed by atoms with van der Waals surface area (Å²) in [5, 5.41) is 6.87. The number of nitrogens with zero attached hydrogens (tertiary/aromatic N) is 1. The molecular weight excluding hydrogens is 124 g/mol. The summed E-state index contributed by atoms with van der Waals surface area (Å²) >= 11 is 0. The van der Waals surface area contributed by atoms with Gasteiger partial charge in [0.2, 0.25) is 0 Å². The fourth-order valence-corrected chi connectivity index (χ4v) is 1.19. The van der Waals surface area contributed by atoms with Gasteiger partial charge in [-0.3, -0.25) is 5.10 Å². The van der Waals surface area contributed by atoms with Gasteiger partial charge in [0.15, 0.2) is 0 Å². The van der Waals surface area contributed by atoms with E-state index < -0.39 is 0 Å². The van der Waals surface area contributed by atoms with Gasteiger partial charge in [-0.1, -0.05) is 12.8 Å². The molecule has 0 saturated heterocycles.